The number of hydrogen-bond acceptors (Lipinski definition) is 3. The molecule has 0 radical (unpaired) electrons. The number of ketones is 1. The zero-order valence-electron chi connectivity index (χ0n) is 11.7. The van der Waals surface area contributed by atoms with Gasteiger partial charge in [-0.15, -0.1) is 11.3 Å². The molecule has 0 spiro atoms. The summed E-state index contributed by atoms with van der Waals surface area (Å²) in [4.78, 5) is 16.1. The van der Waals surface area contributed by atoms with E-state index in [0.29, 0.717) is 6.54 Å². The molecule has 0 saturated carbocycles. The molecular weight excluding hydrogens is 280 g/mol. The predicted octanol–water partition coefficient (Wildman–Crippen LogP) is 3.35. The average molecular weight is 295 g/mol. The molecule has 2 aromatic heterocycles. The minimum Gasteiger partial charge on any atom is -0.294 e. The highest BCUT2D eigenvalue weighted by atomic mass is 32.1. The summed E-state index contributed by atoms with van der Waals surface area (Å²) >= 11 is 1.64. The molecule has 0 unspecified atom stereocenters. The Hall–Kier alpha value is -2.33. The Labute approximate surface area is 127 Å². The average Bonchev–Trinajstić information content (AvgIpc) is 2.97. The van der Waals surface area contributed by atoms with Gasteiger partial charge in [-0.2, -0.15) is 4.57 Å². The van der Waals surface area contributed by atoms with E-state index in [1.54, 1.807) is 18.3 Å². The van der Waals surface area contributed by atoms with Crippen LogP contribution in [-0.2, 0) is 6.54 Å². The molecule has 4 heteroatoms. The molecule has 0 saturated heterocycles. The first-order valence-electron chi connectivity index (χ1n) is 6.72. The fourth-order valence-electron chi connectivity index (χ4n) is 2.11. The molecule has 104 valence electrons. The van der Waals surface area contributed by atoms with E-state index in [9.17, 15) is 4.79 Å². The van der Waals surface area contributed by atoms with Crippen molar-refractivity contribution >= 4 is 17.1 Å². The Balaban J connectivity index is 1.82. The molecule has 3 aromatic rings. The molecule has 0 N–H and O–H groups in total. The summed E-state index contributed by atoms with van der Waals surface area (Å²) in [5.74, 6) is 0.0765. The van der Waals surface area contributed by atoms with Crippen molar-refractivity contribution in [1.82, 2.24) is 4.98 Å². The number of benzene rings is 1. The number of rotatable bonds is 4. The van der Waals surface area contributed by atoms with Crippen molar-refractivity contribution in [2.45, 2.75) is 13.5 Å². The maximum absolute atomic E-state index is 11.4. The first-order chi connectivity index (χ1) is 10.2. The molecule has 0 atom stereocenters. The Bertz CT molecular complexity index is 765. The highest BCUT2D eigenvalue weighted by Crippen LogP contribution is 2.23. The molecular formula is C17H15N2OS+. The molecule has 0 amide bonds. The number of carbonyl (C=O) groups excluding carboxylic acids is 1. The van der Waals surface area contributed by atoms with E-state index in [1.807, 2.05) is 47.3 Å². The van der Waals surface area contributed by atoms with Gasteiger partial charge in [0.1, 0.15) is 10.7 Å². The van der Waals surface area contributed by atoms with Crippen LogP contribution in [0.3, 0.4) is 0 Å². The smallest absolute Gasteiger partial charge is 0.191 e. The second kappa shape index (κ2) is 5.97. The largest absolute Gasteiger partial charge is 0.294 e. The highest BCUT2D eigenvalue weighted by molar-refractivity contribution is 7.13. The minimum atomic E-state index is 0.0765. The van der Waals surface area contributed by atoms with Gasteiger partial charge in [-0.25, -0.2) is 4.98 Å². The Morgan fingerprint density at radius 2 is 2.00 bits per heavy atom. The van der Waals surface area contributed by atoms with Crippen LogP contribution in [0, 0.1) is 0 Å². The SMILES string of the molecule is CC(=O)c1ccc[n+](Cc2csc(-c3ccccc3)n2)c1. The summed E-state index contributed by atoms with van der Waals surface area (Å²) in [6.07, 6.45) is 3.82. The van der Waals surface area contributed by atoms with Crippen molar-refractivity contribution in [1.29, 1.82) is 0 Å². The summed E-state index contributed by atoms with van der Waals surface area (Å²) in [6.45, 7) is 2.25. The Kier molecular flexibility index (Phi) is 3.88. The van der Waals surface area contributed by atoms with Gasteiger partial charge in [0.2, 0.25) is 0 Å². The third-order valence-electron chi connectivity index (χ3n) is 3.18. The normalized spacial score (nSPS) is 10.5. The summed E-state index contributed by atoms with van der Waals surface area (Å²) in [5.41, 5.74) is 2.86. The molecule has 0 bridgehead atoms. The first-order valence-corrected chi connectivity index (χ1v) is 7.60. The zero-order valence-corrected chi connectivity index (χ0v) is 12.5. The Morgan fingerprint density at radius 1 is 1.19 bits per heavy atom. The van der Waals surface area contributed by atoms with Gasteiger partial charge in [-0.3, -0.25) is 4.79 Å². The second-order valence-electron chi connectivity index (χ2n) is 4.83. The van der Waals surface area contributed by atoms with E-state index in [1.165, 1.54) is 0 Å². The van der Waals surface area contributed by atoms with Crippen LogP contribution in [0.2, 0.25) is 0 Å². The van der Waals surface area contributed by atoms with Gasteiger partial charge >= 0.3 is 0 Å². The van der Waals surface area contributed by atoms with Crippen LogP contribution in [0.5, 0.6) is 0 Å². The number of carbonyl (C=O) groups is 1. The Morgan fingerprint density at radius 3 is 2.76 bits per heavy atom. The molecule has 0 fully saturated rings. The molecule has 3 nitrogen and oxygen atoms in total. The maximum atomic E-state index is 11.4. The molecule has 0 aliphatic carbocycles. The zero-order chi connectivity index (χ0) is 14.7. The lowest BCUT2D eigenvalue weighted by atomic mass is 10.2. The summed E-state index contributed by atoms with van der Waals surface area (Å²) < 4.78 is 1.99. The van der Waals surface area contributed by atoms with Crippen molar-refractivity contribution in [2.75, 3.05) is 0 Å². The van der Waals surface area contributed by atoms with E-state index in [4.69, 9.17) is 0 Å². The van der Waals surface area contributed by atoms with E-state index in [-0.39, 0.29) is 5.78 Å². The third-order valence-corrected chi connectivity index (χ3v) is 4.12. The lowest BCUT2D eigenvalue weighted by molar-refractivity contribution is -0.688. The topological polar surface area (TPSA) is 33.8 Å². The molecule has 3 rings (SSSR count). The van der Waals surface area contributed by atoms with Gasteiger partial charge in [-0.05, 0) is 13.0 Å². The fraction of sp³-hybridized carbons (Fsp3) is 0.118. The van der Waals surface area contributed by atoms with E-state index >= 15 is 0 Å². The summed E-state index contributed by atoms with van der Waals surface area (Å²) in [5, 5.41) is 3.09. The van der Waals surface area contributed by atoms with E-state index in [2.05, 4.69) is 22.5 Å². The maximum Gasteiger partial charge on any atom is 0.191 e. The van der Waals surface area contributed by atoms with Crippen molar-refractivity contribution < 1.29 is 9.36 Å². The number of thiazole rings is 1. The number of aromatic nitrogens is 2. The van der Waals surface area contributed by atoms with Crippen LogP contribution in [-0.4, -0.2) is 10.8 Å². The van der Waals surface area contributed by atoms with E-state index < -0.39 is 0 Å². The molecule has 21 heavy (non-hydrogen) atoms. The minimum absolute atomic E-state index is 0.0765. The van der Waals surface area contributed by atoms with E-state index in [0.717, 1.165) is 21.8 Å². The second-order valence-corrected chi connectivity index (χ2v) is 5.69. The lowest BCUT2D eigenvalue weighted by Crippen LogP contribution is -2.34. The van der Waals surface area contributed by atoms with Gasteiger partial charge in [0.25, 0.3) is 0 Å². The summed E-state index contributed by atoms with van der Waals surface area (Å²) in [6, 6.07) is 13.9. The number of nitrogens with zero attached hydrogens (tertiary/aromatic N) is 2. The molecule has 1 aromatic carbocycles. The standard InChI is InChI=1S/C17H15N2OS/c1-13(20)15-8-5-9-19(10-15)11-16-12-21-17(18-16)14-6-3-2-4-7-14/h2-10,12H,11H2,1H3/q+1. The van der Waals surface area contributed by atoms with Crippen LogP contribution < -0.4 is 4.57 Å². The first kappa shape index (κ1) is 13.6. The molecule has 0 aliphatic rings. The number of pyridine rings is 1. The molecule has 2 heterocycles. The van der Waals surface area contributed by atoms with Gasteiger partial charge < -0.3 is 0 Å². The van der Waals surface area contributed by atoms with Gasteiger partial charge in [0.15, 0.2) is 24.7 Å². The quantitative estimate of drug-likeness (QED) is 0.546. The third kappa shape index (κ3) is 3.23. The van der Waals surface area contributed by atoms with Crippen LogP contribution in [0.4, 0.5) is 0 Å². The monoisotopic (exact) mass is 295 g/mol. The predicted molar refractivity (Wildman–Crippen MR) is 83.3 cm³/mol. The van der Waals surface area contributed by atoms with Crippen molar-refractivity contribution in [3.05, 3.63) is 71.5 Å². The van der Waals surface area contributed by atoms with Crippen LogP contribution >= 0.6 is 11.3 Å². The van der Waals surface area contributed by atoms with Gasteiger partial charge in [-0.1, -0.05) is 30.3 Å². The fourth-order valence-corrected chi connectivity index (χ4v) is 2.93. The number of Topliss-reactive ketones (excluding diaryl/α,β-unsaturated/α-hetero) is 1. The van der Waals surface area contributed by atoms with Gasteiger partial charge in [0.05, 0.1) is 5.56 Å². The lowest BCUT2D eigenvalue weighted by Gasteiger charge is -1.97. The van der Waals surface area contributed by atoms with Crippen LogP contribution in [0.15, 0.2) is 60.2 Å². The van der Waals surface area contributed by atoms with Crippen molar-refractivity contribution in [3.63, 3.8) is 0 Å². The van der Waals surface area contributed by atoms with Gasteiger partial charge in [0, 0.05) is 17.0 Å². The highest BCUT2D eigenvalue weighted by Gasteiger charge is 2.10. The van der Waals surface area contributed by atoms with Crippen molar-refractivity contribution in [2.24, 2.45) is 0 Å². The number of hydrogen-bond donors (Lipinski definition) is 0. The summed E-state index contributed by atoms with van der Waals surface area (Å²) in [7, 11) is 0. The molecule has 0 aliphatic heterocycles. The van der Waals surface area contributed by atoms with Crippen molar-refractivity contribution in [3.8, 4) is 10.6 Å². The van der Waals surface area contributed by atoms with Crippen LogP contribution in [0.25, 0.3) is 10.6 Å². The van der Waals surface area contributed by atoms with Crippen LogP contribution in [0.1, 0.15) is 23.0 Å².